The number of rotatable bonds is 5. The van der Waals surface area contributed by atoms with Crippen molar-refractivity contribution in [2.45, 2.75) is 27.7 Å². The number of amides is 2. The monoisotopic (exact) mass is 329 g/mol. The van der Waals surface area contributed by atoms with Crippen LogP contribution in [0, 0.1) is 20.8 Å². The molecule has 0 spiro atoms. The summed E-state index contributed by atoms with van der Waals surface area (Å²) in [7, 11) is 1.84. The highest BCUT2D eigenvalue weighted by atomic mass is 16.2. The molecule has 3 N–H and O–H groups in total. The van der Waals surface area contributed by atoms with Crippen molar-refractivity contribution in [1.82, 2.24) is 9.78 Å². The van der Waals surface area contributed by atoms with Gasteiger partial charge in [0, 0.05) is 14.0 Å². The minimum absolute atomic E-state index is 0.0871. The number of carbonyl (C=O) groups is 2. The lowest BCUT2D eigenvalue weighted by Crippen LogP contribution is -2.23. The predicted octanol–water partition coefficient (Wildman–Crippen LogP) is 2.35. The van der Waals surface area contributed by atoms with Crippen LogP contribution in [-0.4, -0.2) is 28.1 Å². The van der Waals surface area contributed by atoms with E-state index in [9.17, 15) is 9.59 Å². The first kappa shape index (κ1) is 17.5. The summed E-state index contributed by atoms with van der Waals surface area (Å²) in [5.41, 5.74) is 4.80. The molecule has 0 aliphatic heterocycles. The molecule has 0 fully saturated rings. The molecule has 1 heterocycles. The normalized spacial score (nSPS) is 10.4. The molecule has 0 radical (unpaired) electrons. The second kappa shape index (κ2) is 7.16. The Morgan fingerprint density at radius 1 is 1.12 bits per heavy atom. The molecule has 7 heteroatoms. The fourth-order valence-electron chi connectivity index (χ4n) is 2.42. The Morgan fingerprint density at radius 3 is 2.42 bits per heavy atom. The maximum atomic E-state index is 12.2. The van der Waals surface area contributed by atoms with Gasteiger partial charge in [-0.15, -0.1) is 0 Å². The molecule has 0 aliphatic carbocycles. The molecule has 128 valence electrons. The number of hydrogen-bond donors (Lipinski definition) is 3. The van der Waals surface area contributed by atoms with Crippen LogP contribution < -0.4 is 16.0 Å². The first-order valence-corrected chi connectivity index (χ1v) is 7.70. The van der Waals surface area contributed by atoms with Gasteiger partial charge in [-0.1, -0.05) is 6.07 Å². The molecule has 2 aromatic rings. The minimum Gasteiger partial charge on any atom is -0.374 e. The fourth-order valence-corrected chi connectivity index (χ4v) is 2.42. The maximum absolute atomic E-state index is 12.2. The number of carbonyl (C=O) groups excluding carboxylic acids is 2. The van der Waals surface area contributed by atoms with Crippen molar-refractivity contribution in [3.05, 3.63) is 35.2 Å². The Labute approximate surface area is 141 Å². The summed E-state index contributed by atoms with van der Waals surface area (Å²) in [6, 6.07) is 5.60. The molecule has 0 saturated heterocycles. The Balaban J connectivity index is 2.06. The molecule has 0 atom stereocenters. The molecule has 7 nitrogen and oxygen atoms in total. The van der Waals surface area contributed by atoms with Crippen molar-refractivity contribution < 1.29 is 9.59 Å². The largest absolute Gasteiger partial charge is 0.374 e. The van der Waals surface area contributed by atoms with E-state index in [4.69, 9.17) is 0 Å². The van der Waals surface area contributed by atoms with Crippen LogP contribution >= 0.6 is 0 Å². The van der Waals surface area contributed by atoms with Gasteiger partial charge in [-0.25, -0.2) is 0 Å². The van der Waals surface area contributed by atoms with Crippen LogP contribution in [-0.2, 0) is 16.6 Å². The fraction of sp³-hybridized carbons (Fsp3) is 0.353. The second-order valence-corrected chi connectivity index (χ2v) is 5.80. The number of aromatic nitrogens is 2. The van der Waals surface area contributed by atoms with Gasteiger partial charge in [-0.2, -0.15) is 5.10 Å². The smallest absolute Gasteiger partial charge is 0.243 e. The summed E-state index contributed by atoms with van der Waals surface area (Å²) in [6.45, 7) is 7.24. The second-order valence-electron chi connectivity index (χ2n) is 5.80. The standard InChI is InChI=1S/C17H23N5O2/c1-10-6-7-14(19-13(4)23)15(8-10)18-9-16(24)20-17-11(2)21-22(5)12(17)3/h6-8,18H,9H2,1-5H3,(H,19,23)(H,20,24). The molecule has 2 rings (SSSR count). The molecule has 1 aromatic carbocycles. The summed E-state index contributed by atoms with van der Waals surface area (Å²) in [4.78, 5) is 23.5. The molecule has 2 amide bonds. The van der Waals surface area contributed by atoms with Crippen LogP contribution in [0.2, 0.25) is 0 Å². The average Bonchev–Trinajstić information content (AvgIpc) is 2.73. The van der Waals surface area contributed by atoms with E-state index in [-0.39, 0.29) is 18.4 Å². The van der Waals surface area contributed by atoms with E-state index in [1.165, 1.54) is 6.92 Å². The van der Waals surface area contributed by atoms with E-state index in [1.54, 1.807) is 4.68 Å². The summed E-state index contributed by atoms with van der Waals surface area (Å²) in [5, 5.41) is 13.0. The zero-order valence-electron chi connectivity index (χ0n) is 14.7. The van der Waals surface area contributed by atoms with Crippen LogP contribution in [0.15, 0.2) is 18.2 Å². The molecular weight excluding hydrogens is 306 g/mol. The van der Waals surface area contributed by atoms with Gasteiger partial charge in [-0.05, 0) is 38.5 Å². The summed E-state index contributed by atoms with van der Waals surface area (Å²) in [6.07, 6.45) is 0. The zero-order valence-corrected chi connectivity index (χ0v) is 14.7. The summed E-state index contributed by atoms with van der Waals surface area (Å²) < 4.78 is 1.73. The van der Waals surface area contributed by atoms with Crippen molar-refractivity contribution in [2.75, 3.05) is 22.5 Å². The number of aryl methyl sites for hydroxylation is 3. The van der Waals surface area contributed by atoms with E-state index in [2.05, 4.69) is 21.0 Å². The van der Waals surface area contributed by atoms with Gasteiger partial charge in [-0.3, -0.25) is 14.3 Å². The van der Waals surface area contributed by atoms with Crippen molar-refractivity contribution in [3.63, 3.8) is 0 Å². The summed E-state index contributed by atoms with van der Waals surface area (Å²) in [5.74, 6) is -0.336. The Morgan fingerprint density at radius 2 is 1.83 bits per heavy atom. The van der Waals surface area contributed by atoms with Gasteiger partial charge >= 0.3 is 0 Å². The van der Waals surface area contributed by atoms with E-state index in [0.29, 0.717) is 11.4 Å². The molecule has 1 aromatic heterocycles. The van der Waals surface area contributed by atoms with E-state index < -0.39 is 0 Å². The highest BCUT2D eigenvalue weighted by Gasteiger charge is 2.13. The van der Waals surface area contributed by atoms with Crippen molar-refractivity contribution in [1.29, 1.82) is 0 Å². The number of nitrogens with one attached hydrogen (secondary N) is 3. The quantitative estimate of drug-likeness (QED) is 0.786. The van der Waals surface area contributed by atoms with Crippen LogP contribution in [0.5, 0.6) is 0 Å². The number of nitrogens with zero attached hydrogens (tertiary/aromatic N) is 2. The number of hydrogen-bond acceptors (Lipinski definition) is 4. The lowest BCUT2D eigenvalue weighted by molar-refractivity contribution is -0.115. The highest BCUT2D eigenvalue weighted by molar-refractivity contribution is 5.96. The highest BCUT2D eigenvalue weighted by Crippen LogP contribution is 2.23. The predicted molar refractivity (Wildman–Crippen MR) is 95.3 cm³/mol. The molecule has 24 heavy (non-hydrogen) atoms. The lowest BCUT2D eigenvalue weighted by atomic mass is 10.2. The lowest BCUT2D eigenvalue weighted by Gasteiger charge is -2.13. The van der Waals surface area contributed by atoms with Crippen molar-refractivity contribution in [3.8, 4) is 0 Å². The van der Waals surface area contributed by atoms with Crippen LogP contribution in [0.25, 0.3) is 0 Å². The first-order chi connectivity index (χ1) is 11.3. The molecular formula is C17H23N5O2. The Hall–Kier alpha value is -2.83. The van der Waals surface area contributed by atoms with Crippen LogP contribution in [0.3, 0.4) is 0 Å². The maximum Gasteiger partial charge on any atom is 0.243 e. The third-order valence-corrected chi connectivity index (χ3v) is 3.70. The molecule has 0 unspecified atom stereocenters. The van der Waals surface area contributed by atoms with Gasteiger partial charge in [0.1, 0.15) is 0 Å². The van der Waals surface area contributed by atoms with E-state index in [0.717, 1.165) is 22.6 Å². The van der Waals surface area contributed by atoms with Gasteiger partial charge < -0.3 is 16.0 Å². The van der Waals surface area contributed by atoms with Gasteiger partial charge in [0.2, 0.25) is 11.8 Å². The third kappa shape index (κ3) is 4.13. The van der Waals surface area contributed by atoms with E-state index >= 15 is 0 Å². The van der Waals surface area contributed by atoms with Gasteiger partial charge in [0.05, 0.1) is 35.0 Å². The zero-order chi connectivity index (χ0) is 17.9. The first-order valence-electron chi connectivity index (χ1n) is 7.70. The molecule has 0 saturated carbocycles. The van der Waals surface area contributed by atoms with Gasteiger partial charge in [0.25, 0.3) is 0 Å². The number of benzene rings is 1. The average molecular weight is 329 g/mol. The van der Waals surface area contributed by atoms with Crippen molar-refractivity contribution in [2.24, 2.45) is 7.05 Å². The SMILES string of the molecule is CC(=O)Nc1ccc(C)cc1NCC(=O)Nc1c(C)nn(C)c1C. The third-order valence-electron chi connectivity index (χ3n) is 3.70. The minimum atomic E-state index is -0.176. The Bertz CT molecular complexity index is 780. The summed E-state index contributed by atoms with van der Waals surface area (Å²) >= 11 is 0. The molecule has 0 aliphatic rings. The van der Waals surface area contributed by atoms with E-state index in [1.807, 2.05) is 46.0 Å². The number of anilines is 3. The van der Waals surface area contributed by atoms with Crippen molar-refractivity contribution >= 4 is 28.9 Å². The molecule has 0 bridgehead atoms. The van der Waals surface area contributed by atoms with Crippen LogP contribution in [0.4, 0.5) is 17.1 Å². The Kier molecular flexibility index (Phi) is 5.23. The topological polar surface area (TPSA) is 88.1 Å². The van der Waals surface area contributed by atoms with Gasteiger partial charge in [0.15, 0.2) is 0 Å². The van der Waals surface area contributed by atoms with Crippen LogP contribution in [0.1, 0.15) is 23.9 Å².